The summed E-state index contributed by atoms with van der Waals surface area (Å²) in [7, 11) is 0. The zero-order valence-electron chi connectivity index (χ0n) is 9.59. The van der Waals surface area contributed by atoms with Gasteiger partial charge in [0.1, 0.15) is 0 Å². The van der Waals surface area contributed by atoms with Crippen molar-refractivity contribution in [1.29, 1.82) is 0 Å². The first-order chi connectivity index (χ1) is 7.31. The van der Waals surface area contributed by atoms with Crippen LogP contribution in [-0.4, -0.2) is 18.6 Å². The van der Waals surface area contributed by atoms with Crippen molar-refractivity contribution >= 4 is 6.03 Å². The van der Waals surface area contributed by atoms with Crippen LogP contribution in [0.1, 0.15) is 45.4 Å². The van der Waals surface area contributed by atoms with E-state index in [0.29, 0.717) is 6.04 Å². The van der Waals surface area contributed by atoms with E-state index in [1.165, 1.54) is 25.7 Å². The van der Waals surface area contributed by atoms with Crippen LogP contribution in [0.3, 0.4) is 0 Å². The molecule has 0 unspecified atom stereocenters. The fourth-order valence-electron chi connectivity index (χ4n) is 2.11. The van der Waals surface area contributed by atoms with Gasteiger partial charge in [0, 0.05) is 12.6 Å². The zero-order valence-corrected chi connectivity index (χ0v) is 9.59. The average molecular weight is 210 g/mol. The van der Waals surface area contributed by atoms with Crippen molar-refractivity contribution in [2.45, 2.75) is 51.5 Å². The Morgan fingerprint density at radius 1 is 1.27 bits per heavy atom. The lowest BCUT2D eigenvalue weighted by molar-refractivity contribution is 0.233. The molecule has 0 saturated heterocycles. The molecule has 0 heterocycles. The molecule has 2 aliphatic carbocycles. The molecule has 0 aliphatic heterocycles. The molecule has 0 radical (unpaired) electrons. The van der Waals surface area contributed by atoms with E-state index in [1.54, 1.807) is 0 Å². The van der Waals surface area contributed by atoms with Crippen LogP contribution in [0.2, 0.25) is 0 Å². The zero-order chi connectivity index (χ0) is 10.7. The van der Waals surface area contributed by atoms with Gasteiger partial charge in [0.05, 0.1) is 0 Å². The lowest BCUT2D eigenvalue weighted by atomic mass is 10.1. The first-order valence-corrected chi connectivity index (χ1v) is 6.35. The van der Waals surface area contributed by atoms with Gasteiger partial charge in [0.25, 0.3) is 0 Å². The second-order valence-corrected chi connectivity index (χ2v) is 4.95. The molecule has 0 aromatic rings. The van der Waals surface area contributed by atoms with E-state index >= 15 is 0 Å². The summed E-state index contributed by atoms with van der Waals surface area (Å²) in [6.07, 6.45) is 7.47. The van der Waals surface area contributed by atoms with Crippen molar-refractivity contribution in [1.82, 2.24) is 10.6 Å². The molecule has 0 aromatic carbocycles. The second kappa shape index (κ2) is 4.86. The molecule has 2 rings (SSSR count). The number of hydrogen-bond donors (Lipinski definition) is 2. The van der Waals surface area contributed by atoms with Gasteiger partial charge in [-0.3, -0.25) is 0 Å². The van der Waals surface area contributed by atoms with Gasteiger partial charge in [-0.1, -0.05) is 13.3 Å². The molecule has 3 nitrogen and oxygen atoms in total. The standard InChI is InChI=1S/C12H22N2O/c1-2-3-8-13-12(15)14-11(9-4-5-9)10-6-7-10/h9-11H,2-8H2,1H3,(H2,13,14,15). The lowest BCUT2D eigenvalue weighted by Gasteiger charge is -2.17. The minimum atomic E-state index is 0.0484. The van der Waals surface area contributed by atoms with Crippen molar-refractivity contribution in [3.05, 3.63) is 0 Å². The summed E-state index contributed by atoms with van der Waals surface area (Å²) in [5.41, 5.74) is 0. The number of hydrogen-bond acceptors (Lipinski definition) is 1. The van der Waals surface area contributed by atoms with E-state index in [2.05, 4.69) is 17.6 Å². The highest BCUT2D eigenvalue weighted by Gasteiger charge is 2.42. The lowest BCUT2D eigenvalue weighted by Crippen LogP contribution is -2.44. The Morgan fingerprint density at radius 3 is 2.33 bits per heavy atom. The molecular formula is C12H22N2O. The monoisotopic (exact) mass is 210 g/mol. The van der Waals surface area contributed by atoms with Gasteiger partial charge in [-0.25, -0.2) is 4.79 Å². The highest BCUT2D eigenvalue weighted by Crippen LogP contribution is 2.44. The van der Waals surface area contributed by atoms with E-state index in [0.717, 1.165) is 31.2 Å². The summed E-state index contributed by atoms with van der Waals surface area (Å²) in [6, 6.07) is 0.527. The fourth-order valence-corrected chi connectivity index (χ4v) is 2.11. The third-order valence-electron chi connectivity index (χ3n) is 3.37. The van der Waals surface area contributed by atoms with E-state index in [-0.39, 0.29) is 6.03 Å². The summed E-state index contributed by atoms with van der Waals surface area (Å²) in [6.45, 7) is 2.95. The fraction of sp³-hybridized carbons (Fsp3) is 0.917. The number of urea groups is 1. The van der Waals surface area contributed by atoms with Gasteiger partial charge in [-0.2, -0.15) is 0 Å². The highest BCUT2D eigenvalue weighted by molar-refractivity contribution is 5.74. The quantitative estimate of drug-likeness (QED) is 0.649. The van der Waals surface area contributed by atoms with Crippen molar-refractivity contribution in [3.8, 4) is 0 Å². The molecule has 2 N–H and O–H groups in total. The maximum Gasteiger partial charge on any atom is 0.315 e. The molecule has 0 spiro atoms. The van der Waals surface area contributed by atoms with Gasteiger partial charge in [-0.05, 0) is 43.9 Å². The van der Waals surface area contributed by atoms with Crippen LogP contribution in [0.4, 0.5) is 4.79 Å². The number of amides is 2. The van der Waals surface area contributed by atoms with Gasteiger partial charge in [-0.15, -0.1) is 0 Å². The van der Waals surface area contributed by atoms with Crippen molar-refractivity contribution in [3.63, 3.8) is 0 Å². The molecule has 3 heteroatoms. The van der Waals surface area contributed by atoms with E-state index < -0.39 is 0 Å². The van der Waals surface area contributed by atoms with Crippen LogP contribution in [0, 0.1) is 11.8 Å². The Kier molecular flexibility index (Phi) is 3.49. The third kappa shape index (κ3) is 3.40. The SMILES string of the molecule is CCCCNC(=O)NC(C1CC1)C1CC1. The Hall–Kier alpha value is -0.730. The number of carbonyl (C=O) groups excluding carboxylic acids is 1. The maximum absolute atomic E-state index is 11.6. The van der Waals surface area contributed by atoms with Crippen molar-refractivity contribution < 1.29 is 4.79 Å². The van der Waals surface area contributed by atoms with E-state index in [9.17, 15) is 4.79 Å². The Labute approximate surface area is 92.0 Å². The predicted molar refractivity (Wildman–Crippen MR) is 60.7 cm³/mol. The van der Waals surface area contributed by atoms with Crippen molar-refractivity contribution in [2.75, 3.05) is 6.54 Å². The summed E-state index contributed by atoms with van der Waals surface area (Å²) < 4.78 is 0. The number of rotatable bonds is 6. The molecule has 86 valence electrons. The van der Waals surface area contributed by atoms with Gasteiger partial charge < -0.3 is 10.6 Å². The molecule has 0 bridgehead atoms. The van der Waals surface area contributed by atoms with Crippen LogP contribution in [0.15, 0.2) is 0 Å². The van der Waals surface area contributed by atoms with Gasteiger partial charge in [0.15, 0.2) is 0 Å². The number of carbonyl (C=O) groups is 1. The van der Waals surface area contributed by atoms with Crippen LogP contribution < -0.4 is 10.6 Å². The molecule has 2 fully saturated rings. The van der Waals surface area contributed by atoms with Crippen LogP contribution in [0.25, 0.3) is 0 Å². The van der Waals surface area contributed by atoms with E-state index in [4.69, 9.17) is 0 Å². The van der Waals surface area contributed by atoms with Crippen LogP contribution >= 0.6 is 0 Å². The molecule has 2 saturated carbocycles. The highest BCUT2D eigenvalue weighted by atomic mass is 16.2. The second-order valence-electron chi connectivity index (χ2n) is 4.95. The van der Waals surface area contributed by atoms with Crippen molar-refractivity contribution in [2.24, 2.45) is 11.8 Å². The molecule has 15 heavy (non-hydrogen) atoms. The molecular weight excluding hydrogens is 188 g/mol. The Balaban J connectivity index is 1.66. The molecule has 0 aromatic heterocycles. The normalized spacial score (nSPS) is 20.4. The summed E-state index contributed by atoms with van der Waals surface area (Å²) in [5.74, 6) is 1.57. The Bertz CT molecular complexity index is 210. The first kappa shape index (κ1) is 10.8. The summed E-state index contributed by atoms with van der Waals surface area (Å²) >= 11 is 0. The smallest absolute Gasteiger partial charge is 0.315 e. The Morgan fingerprint density at radius 2 is 1.87 bits per heavy atom. The maximum atomic E-state index is 11.6. The largest absolute Gasteiger partial charge is 0.338 e. The van der Waals surface area contributed by atoms with Gasteiger partial charge >= 0.3 is 6.03 Å². The minimum absolute atomic E-state index is 0.0484. The number of nitrogens with one attached hydrogen (secondary N) is 2. The third-order valence-corrected chi connectivity index (χ3v) is 3.37. The van der Waals surface area contributed by atoms with E-state index in [1.807, 2.05) is 0 Å². The molecule has 2 amide bonds. The van der Waals surface area contributed by atoms with Crippen LogP contribution in [0.5, 0.6) is 0 Å². The average Bonchev–Trinajstić information content (AvgIpc) is 3.05. The number of unbranched alkanes of at least 4 members (excludes halogenated alkanes) is 1. The summed E-state index contributed by atoms with van der Waals surface area (Å²) in [5, 5.41) is 6.08. The summed E-state index contributed by atoms with van der Waals surface area (Å²) in [4.78, 5) is 11.6. The van der Waals surface area contributed by atoms with Gasteiger partial charge in [0.2, 0.25) is 0 Å². The first-order valence-electron chi connectivity index (χ1n) is 6.35. The molecule has 0 atom stereocenters. The molecule has 2 aliphatic rings. The predicted octanol–water partition coefficient (Wildman–Crippen LogP) is 2.27. The topological polar surface area (TPSA) is 41.1 Å². The minimum Gasteiger partial charge on any atom is -0.338 e. The van der Waals surface area contributed by atoms with Crippen LogP contribution in [-0.2, 0) is 0 Å².